The second kappa shape index (κ2) is 5.96. The Balaban J connectivity index is 2.03. The summed E-state index contributed by atoms with van der Waals surface area (Å²) in [5.74, 6) is 0. The highest BCUT2D eigenvalue weighted by Crippen LogP contribution is 2.38. The first-order valence-electron chi connectivity index (χ1n) is 7.68. The Morgan fingerprint density at radius 2 is 1.84 bits per heavy atom. The first kappa shape index (κ1) is 14.4. The van der Waals surface area contributed by atoms with Crippen LogP contribution in [0.5, 0.6) is 0 Å². The topological polar surface area (TPSA) is 29.3 Å². The lowest BCUT2D eigenvalue weighted by molar-refractivity contribution is 0.301. The number of benzene rings is 1. The van der Waals surface area contributed by atoms with Crippen LogP contribution in [0.1, 0.15) is 45.6 Å². The van der Waals surface area contributed by atoms with Crippen molar-refractivity contribution in [1.82, 2.24) is 0 Å². The quantitative estimate of drug-likeness (QED) is 0.876. The lowest BCUT2D eigenvalue weighted by atomic mass is 9.82. The van der Waals surface area contributed by atoms with E-state index in [9.17, 15) is 0 Å². The van der Waals surface area contributed by atoms with Gasteiger partial charge in [-0.1, -0.05) is 26.0 Å². The second-order valence-electron chi connectivity index (χ2n) is 6.23. The summed E-state index contributed by atoms with van der Waals surface area (Å²) in [5.41, 5.74) is 9.11. The van der Waals surface area contributed by atoms with Gasteiger partial charge in [-0.2, -0.15) is 0 Å². The molecule has 106 valence electrons. The zero-order valence-corrected chi connectivity index (χ0v) is 12.7. The highest BCUT2D eigenvalue weighted by Gasteiger charge is 2.34. The monoisotopic (exact) mass is 260 g/mol. The van der Waals surface area contributed by atoms with Gasteiger partial charge in [0.15, 0.2) is 0 Å². The van der Waals surface area contributed by atoms with Crippen LogP contribution in [-0.4, -0.2) is 19.1 Å². The van der Waals surface area contributed by atoms with E-state index < -0.39 is 0 Å². The molecule has 19 heavy (non-hydrogen) atoms. The van der Waals surface area contributed by atoms with Crippen molar-refractivity contribution in [3.8, 4) is 0 Å². The van der Waals surface area contributed by atoms with Crippen molar-refractivity contribution in [3.05, 3.63) is 29.8 Å². The summed E-state index contributed by atoms with van der Waals surface area (Å²) in [7, 11) is 0. The third-order valence-corrected chi connectivity index (χ3v) is 4.80. The molecule has 0 aliphatic carbocycles. The molecular formula is C17H28N2. The zero-order chi connectivity index (χ0) is 13.9. The highest BCUT2D eigenvalue weighted by molar-refractivity contribution is 5.49. The molecule has 1 aromatic carbocycles. The van der Waals surface area contributed by atoms with E-state index >= 15 is 0 Å². The summed E-state index contributed by atoms with van der Waals surface area (Å²) in [6.07, 6.45) is 4.89. The predicted molar refractivity (Wildman–Crippen MR) is 83.6 cm³/mol. The van der Waals surface area contributed by atoms with Crippen molar-refractivity contribution < 1.29 is 0 Å². The van der Waals surface area contributed by atoms with E-state index in [1.807, 2.05) is 0 Å². The molecule has 1 atom stereocenters. The van der Waals surface area contributed by atoms with Crippen LogP contribution in [0.3, 0.4) is 0 Å². The van der Waals surface area contributed by atoms with Crippen molar-refractivity contribution in [1.29, 1.82) is 0 Å². The molecule has 2 N–H and O–H groups in total. The van der Waals surface area contributed by atoms with Crippen molar-refractivity contribution in [2.75, 3.05) is 18.0 Å². The summed E-state index contributed by atoms with van der Waals surface area (Å²) >= 11 is 0. The summed E-state index contributed by atoms with van der Waals surface area (Å²) in [4.78, 5) is 2.54. The molecule has 0 radical (unpaired) electrons. The van der Waals surface area contributed by atoms with Gasteiger partial charge in [0.1, 0.15) is 0 Å². The average Bonchev–Trinajstić information content (AvgIpc) is 2.84. The summed E-state index contributed by atoms with van der Waals surface area (Å²) < 4.78 is 0. The van der Waals surface area contributed by atoms with E-state index in [-0.39, 0.29) is 6.04 Å². The molecule has 0 amide bonds. The van der Waals surface area contributed by atoms with Gasteiger partial charge in [-0.3, -0.25) is 0 Å². The fourth-order valence-electron chi connectivity index (χ4n) is 3.20. The Kier molecular flexibility index (Phi) is 4.51. The maximum absolute atomic E-state index is 5.85. The molecule has 0 saturated carbocycles. The summed E-state index contributed by atoms with van der Waals surface area (Å²) in [5, 5.41) is 0. The molecule has 1 fully saturated rings. The van der Waals surface area contributed by atoms with Gasteiger partial charge in [0, 0.05) is 24.8 Å². The van der Waals surface area contributed by atoms with Gasteiger partial charge in [0.05, 0.1) is 0 Å². The molecule has 2 rings (SSSR count). The molecule has 2 heteroatoms. The van der Waals surface area contributed by atoms with Gasteiger partial charge < -0.3 is 10.6 Å². The minimum absolute atomic E-state index is 0.241. The number of anilines is 1. The Hall–Kier alpha value is -1.02. The van der Waals surface area contributed by atoms with Crippen LogP contribution in [0.2, 0.25) is 0 Å². The summed E-state index contributed by atoms with van der Waals surface area (Å²) in [6.45, 7) is 9.14. The second-order valence-corrected chi connectivity index (χ2v) is 6.23. The van der Waals surface area contributed by atoms with Gasteiger partial charge in [-0.25, -0.2) is 0 Å². The van der Waals surface area contributed by atoms with E-state index in [0.29, 0.717) is 5.41 Å². The van der Waals surface area contributed by atoms with Crippen LogP contribution in [0.4, 0.5) is 5.69 Å². The van der Waals surface area contributed by atoms with Gasteiger partial charge in [-0.15, -0.1) is 0 Å². The van der Waals surface area contributed by atoms with Crippen molar-refractivity contribution in [3.63, 3.8) is 0 Å². The van der Waals surface area contributed by atoms with Crippen LogP contribution in [0.15, 0.2) is 24.3 Å². The van der Waals surface area contributed by atoms with Gasteiger partial charge in [0.25, 0.3) is 0 Å². The first-order valence-corrected chi connectivity index (χ1v) is 7.68. The Morgan fingerprint density at radius 1 is 1.21 bits per heavy atom. The van der Waals surface area contributed by atoms with Gasteiger partial charge in [-0.05, 0) is 55.7 Å². The minimum atomic E-state index is 0.241. The van der Waals surface area contributed by atoms with E-state index in [1.54, 1.807) is 0 Å². The average molecular weight is 260 g/mol. The summed E-state index contributed by atoms with van der Waals surface area (Å²) in [6, 6.07) is 9.23. The maximum Gasteiger partial charge on any atom is 0.0366 e. The van der Waals surface area contributed by atoms with Crippen LogP contribution in [0, 0.1) is 5.41 Å². The molecule has 1 heterocycles. The Bertz CT molecular complexity index is 390. The lowest BCUT2D eigenvalue weighted by Crippen LogP contribution is -2.26. The normalized spacial score (nSPS) is 19.7. The highest BCUT2D eigenvalue weighted by atomic mass is 15.2. The molecule has 2 nitrogen and oxygen atoms in total. The molecule has 1 unspecified atom stereocenters. The zero-order valence-electron chi connectivity index (χ0n) is 12.7. The van der Waals surface area contributed by atoms with Crippen molar-refractivity contribution in [2.24, 2.45) is 11.1 Å². The molecule has 1 aromatic rings. The predicted octanol–water partition coefficient (Wildman–Crippen LogP) is 3.59. The third-order valence-electron chi connectivity index (χ3n) is 4.80. The molecule has 1 aliphatic heterocycles. The van der Waals surface area contributed by atoms with Gasteiger partial charge in [0.2, 0.25) is 0 Å². The van der Waals surface area contributed by atoms with E-state index in [0.717, 1.165) is 6.42 Å². The van der Waals surface area contributed by atoms with Crippen LogP contribution >= 0.6 is 0 Å². The molecule has 1 saturated heterocycles. The number of hydrogen-bond donors (Lipinski definition) is 1. The minimum Gasteiger partial charge on any atom is -0.371 e. The third kappa shape index (κ3) is 3.30. The molecule has 0 aromatic heterocycles. The van der Waals surface area contributed by atoms with E-state index in [1.165, 1.54) is 43.6 Å². The molecular weight excluding hydrogens is 232 g/mol. The largest absolute Gasteiger partial charge is 0.371 e. The molecule has 0 bridgehead atoms. The SMILES string of the molecule is CCC1(CC)CCN(c2ccc(CC(C)N)cc2)C1. The van der Waals surface area contributed by atoms with Gasteiger partial charge >= 0.3 is 0 Å². The van der Waals surface area contributed by atoms with Crippen LogP contribution < -0.4 is 10.6 Å². The Morgan fingerprint density at radius 3 is 2.32 bits per heavy atom. The molecule has 1 aliphatic rings. The van der Waals surface area contributed by atoms with Crippen LogP contribution in [0.25, 0.3) is 0 Å². The Labute approximate surface area is 118 Å². The lowest BCUT2D eigenvalue weighted by Gasteiger charge is -2.27. The number of rotatable bonds is 5. The standard InChI is InChI=1S/C17H28N2/c1-4-17(5-2)10-11-19(13-17)16-8-6-15(7-9-16)12-14(3)18/h6-9,14H,4-5,10-13,18H2,1-3H3. The number of hydrogen-bond acceptors (Lipinski definition) is 2. The fraction of sp³-hybridized carbons (Fsp3) is 0.647. The van der Waals surface area contributed by atoms with Crippen LogP contribution in [-0.2, 0) is 6.42 Å². The maximum atomic E-state index is 5.85. The first-order chi connectivity index (χ1) is 9.08. The van der Waals surface area contributed by atoms with E-state index in [2.05, 4.69) is 49.9 Å². The molecule has 0 spiro atoms. The van der Waals surface area contributed by atoms with E-state index in [4.69, 9.17) is 5.73 Å². The number of nitrogens with zero attached hydrogens (tertiary/aromatic N) is 1. The van der Waals surface area contributed by atoms with Crippen molar-refractivity contribution in [2.45, 2.75) is 52.5 Å². The number of nitrogens with two attached hydrogens (primary N) is 1. The fourth-order valence-corrected chi connectivity index (χ4v) is 3.20. The smallest absolute Gasteiger partial charge is 0.0366 e. The van der Waals surface area contributed by atoms with Crippen molar-refractivity contribution >= 4 is 5.69 Å².